The van der Waals surface area contributed by atoms with Crippen LogP contribution in [-0.2, 0) is 0 Å². The zero-order chi connectivity index (χ0) is 41.7. The summed E-state index contributed by atoms with van der Waals surface area (Å²) in [5, 5.41) is 13.0. The van der Waals surface area contributed by atoms with Gasteiger partial charge in [-0.05, 0) is 103 Å². The summed E-state index contributed by atoms with van der Waals surface area (Å²) in [5.74, 6) is 0. The van der Waals surface area contributed by atoms with Gasteiger partial charge in [-0.25, -0.2) is 0 Å². The first-order valence-corrected chi connectivity index (χ1v) is 23.8. The van der Waals surface area contributed by atoms with Gasteiger partial charge >= 0.3 is 0 Å². The van der Waals surface area contributed by atoms with Gasteiger partial charge in [-0.2, -0.15) is 0 Å². The van der Waals surface area contributed by atoms with Crippen molar-refractivity contribution in [2.24, 2.45) is 0 Å². The molecule has 11 aromatic carbocycles. The molecule has 0 aliphatic heterocycles. The summed E-state index contributed by atoms with van der Waals surface area (Å²) in [7, 11) is -2.61. The maximum atomic E-state index is 2.44. The van der Waals surface area contributed by atoms with Crippen molar-refractivity contribution in [3.05, 3.63) is 255 Å². The van der Waals surface area contributed by atoms with Gasteiger partial charge < -0.3 is 9.47 Å². The minimum Gasteiger partial charge on any atom is -0.310 e. The zero-order valence-corrected chi connectivity index (χ0v) is 35.6. The van der Waals surface area contributed by atoms with E-state index < -0.39 is 8.07 Å². The lowest BCUT2D eigenvalue weighted by Gasteiger charge is -2.34. The van der Waals surface area contributed by atoms with E-state index in [2.05, 4.69) is 264 Å². The molecule has 0 saturated heterocycles. The number of benzene rings is 11. The molecule has 0 saturated carbocycles. The molecule has 2 nitrogen and oxygen atoms in total. The van der Waals surface area contributed by atoms with Gasteiger partial charge in [0.25, 0.3) is 0 Å². The lowest BCUT2D eigenvalue weighted by Crippen LogP contribution is -2.74. The van der Waals surface area contributed by atoms with Crippen LogP contribution in [0.25, 0.3) is 60.2 Å². The summed E-state index contributed by atoms with van der Waals surface area (Å²) in [4.78, 5) is 2.42. The first-order valence-electron chi connectivity index (χ1n) is 21.8. The number of anilines is 3. The van der Waals surface area contributed by atoms with Crippen LogP contribution in [-0.4, -0.2) is 12.6 Å². The molecule has 12 rings (SSSR count). The maximum absolute atomic E-state index is 2.61. The number of nitrogens with zero attached hydrogens (tertiary/aromatic N) is 2. The van der Waals surface area contributed by atoms with E-state index in [9.17, 15) is 0 Å². The molecule has 0 aliphatic rings. The molecule has 0 aliphatic carbocycles. The summed E-state index contributed by atoms with van der Waals surface area (Å²) in [6, 6.07) is 94.0. The Labute approximate surface area is 368 Å². The monoisotopic (exact) mass is 818 g/mol. The van der Waals surface area contributed by atoms with Gasteiger partial charge in [0.1, 0.15) is 0 Å². The summed E-state index contributed by atoms with van der Waals surface area (Å²) < 4.78 is 2.44. The maximum Gasteiger partial charge on any atom is 0.179 e. The van der Waals surface area contributed by atoms with E-state index in [-0.39, 0.29) is 0 Å². The van der Waals surface area contributed by atoms with Crippen molar-refractivity contribution >= 4 is 89.2 Å². The number of fused-ring (bicyclic) bond motifs is 1. The number of aromatic nitrogens is 1. The molecule has 0 fully saturated rings. The van der Waals surface area contributed by atoms with Gasteiger partial charge in [0.05, 0.1) is 16.7 Å². The molecule has 1 aromatic heterocycles. The van der Waals surface area contributed by atoms with Crippen LogP contribution in [0.4, 0.5) is 17.1 Å². The predicted molar refractivity (Wildman–Crippen MR) is 271 cm³/mol. The average molecular weight is 819 g/mol. The Balaban J connectivity index is 0.966. The van der Waals surface area contributed by atoms with Gasteiger partial charge in [-0.3, -0.25) is 0 Å². The highest BCUT2D eigenvalue weighted by Crippen LogP contribution is 2.46. The molecule has 0 N–H and O–H groups in total. The molecule has 0 atom stereocenters. The molecule has 0 amide bonds. The lowest BCUT2D eigenvalue weighted by molar-refractivity contribution is 1.19. The van der Waals surface area contributed by atoms with Crippen LogP contribution in [0.2, 0.25) is 0 Å². The van der Waals surface area contributed by atoms with E-state index in [4.69, 9.17) is 0 Å². The first-order chi connectivity index (χ1) is 31.3. The second-order valence-electron chi connectivity index (χ2n) is 16.5. The third-order valence-electron chi connectivity index (χ3n) is 13.1. The number of para-hydroxylation sites is 1. The van der Waals surface area contributed by atoms with E-state index >= 15 is 0 Å². The average Bonchev–Trinajstić information content (AvgIpc) is 3.71. The van der Waals surface area contributed by atoms with E-state index in [1.807, 2.05) is 0 Å². The van der Waals surface area contributed by atoms with Gasteiger partial charge in [-0.1, -0.05) is 200 Å². The quantitative estimate of drug-likeness (QED) is 0.0800. The van der Waals surface area contributed by atoms with Crippen LogP contribution in [0.1, 0.15) is 0 Å². The molecule has 63 heavy (non-hydrogen) atoms. The second kappa shape index (κ2) is 15.2. The van der Waals surface area contributed by atoms with Crippen molar-refractivity contribution in [3.63, 3.8) is 0 Å². The predicted octanol–water partition coefficient (Wildman–Crippen LogP) is 13.0. The SMILES string of the molecule is c1ccc(N(c2ccc(-c3ccc([Si](c4ccccc4)(c4ccccc4)c4ccccc4)cc3)cc2)c2ccc3c4c2ccc2cccc(c24)n3-c2ccc3ccccc3c2)cc1. The third kappa shape index (κ3) is 6.00. The minimum absolute atomic E-state index is 1.11. The Morgan fingerprint density at radius 1 is 0.317 bits per heavy atom. The zero-order valence-electron chi connectivity index (χ0n) is 34.6. The molecule has 3 heteroatoms. The Morgan fingerprint density at radius 3 is 1.44 bits per heavy atom. The van der Waals surface area contributed by atoms with Gasteiger partial charge in [0.2, 0.25) is 0 Å². The molecular formula is C60H42N2Si. The molecule has 296 valence electrons. The molecule has 0 radical (unpaired) electrons. The van der Waals surface area contributed by atoms with E-state index in [1.165, 1.54) is 80.9 Å². The molecule has 0 bridgehead atoms. The summed E-state index contributed by atoms with van der Waals surface area (Å²) in [5.41, 5.74) is 9.36. The Hall–Kier alpha value is -7.98. The number of hydrogen-bond acceptors (Lipinski definition) is 1. The first kappa shape index (κ1) is 36.8. The fourth-order valence-corrected chi connectivity index (χ4v) is 15.0. The van der Waals surface area contributed by atoms with Crippen LogP contribution in [0.5, 0.6) is 0 Å². The number of rotatable bonds is 9. The number of hydrogen-bond donors (Lipinski definition) is 0. The fraction of sp³-hybridized carbons (Fsp3) is 0. The smallest absolute Gasteiger partial charge is 0.179 e. The van der Waals surface area contributed by atoms with Crippen molar-refractivity contribution < 1.29 is 0 Å². The Kier molecular flexibility index (Phi) is 8.87. The van der Waals surface area contributed by atoms with Crippen molar-refractivity contribution in [2.75, 3.05) is 4.90 Å². The second-order valence-corrected chi connectivity index (χ2v) is 20.3. The van der Waals surface area contributed by atoms with Crippen LogP contribution >= 0.6 is 0 Å². The standard InChI is InChI=1S/C60H42N2Si/c1-5-19-48(20-6-1)61(56-40-41-58-60-55(56)39-33-46-18-15-27-57(59(46)60)62(58)50-36-30-43-16-13-14-17-47(43)42-50)49-34-28-44(29-35-49)45-31-37-54(38-32-45)63(51-21-7-2-8-22-51,52-23-9-3-10-24-52)53-25-11-4-12-26-53/h1-42H. The van der Waals surface area contributed by atoms with E-state index in [0.717, 1.165) is 17.1 Å². The van der Waals surface area contributed by atoms with Crippen molar-refractivity contribution in [1.29, 1.82) is 0 Å². The van der Waals surface area contributed by atoms with Crippen molar-refractivity contribution in [1.82, 2.24) is 4.57 Å². The summed E-state index contributed by atoms with van der Waals surface area (Å²) >= 11 is 0. The van der Waals surface area contributed by atoms with Crippen molar-refractivity contribution in [2.45, 2.75) is 0 Å². The summed E-state index contributed by atoms with van der Waals surface area (Å²) in [6.07, 6.45) is 0. The molecule has 0 spiro atoms. The topological polar surface area (TPSA) is 8.17 Å². The molecule has 1 heterocycles. The van der Waals surface area contributed by atoms with Crippen LogP contribution < -0.4 is 25.6 Å². The fourth-order valence-electron chi connectivity index (χ4n) is 10.2. The van der Waals surface area contributed by atoms with Crippen LogP contribution in [0.3, 0.4) is 0 Å². The third-order valence-corrected chi connectivity index (χ3v) is 17.9. The van der Waals surface area contributed by atoms with Gasteiger partial charge in [0, 0.05) is 33.2 Å². The highest BCUT2D eigenvalue weighted by molar-refractivity contribution is 7.19. The van der Waals surface area contributed by atoms with Crippen molar-refractivity contribution in [3.8, 4) is 16.8 Å². The molecule has 12 aromatic rings. The van der Waals surface area contributed by atoms with E-state index in [0.29, 0.717) is 0 Å². The summed E-state index contributed by atoms with van der Waals surface area (Å²) in [6.45, 7) is 0. The highest BCUT2D eigenvalue weighted by Gasteiger charge is 2.41. The molecular weight excluding hydrogens is 777 g/mol. The molecule has 0 unspecified atom stereocenters. The van der Waals surface area contributed by atoms with Crippen LogP contribution in [0, 0.1) is 0 Å². The van der Waals surface area contributed by atoms with Gasteiger partial charge in [0.15, 0.2) is 8.07 Å². The highest BCUT2D eigenvalue weighted by atomic mass is 28.3. The normalized spacial score (nSPS) is 11.8. The Morgan fingerprint density at radius 2 is 0.810 bits per heavy atom. The van der Waals surface area contributed by atoms with Gasteiger partial charge in [-0.15, -0.1) is 0 Å². The lowest BCUT2D eigenvalue weighted by atomic mass is 9.99. The van der Waals surface area contributed by atoms with Crippen LogP contribution in [0.15, 0.2) is 255 Å². The minimum atomic E-state index is -2.61. The largest absolute Gasteiger partial charge is 0.310 e. The van der Waals surface area contributed by atoms with E-state index in [1.54, 1.807) is 0 Å². The Bertz CT molecular complexity index is 3430.